The Balaban J connectivity index is 1.31. The number of benzene rings is 1. The van der Waals surface area contributed by atoms with Gasteiger partial charge in [-0.2, -0.15) is 0 Å². The van der Waals surface area contributed by atoms with E-state index in [2.05, 4.69) is 20.3 Å². The Bertz CT molecular complexity index is 1810. The Hall–Kier alpha value is -4.18. The molecule has 1 aromatic carbocycles. The van der Waals surface area contributed by atoms with Crippen molar-refractivity contribution in [3.8, 4) is 11.6 Å². The number of sulfonamides is 1. The third kappa shape index (κ3) is 8.54. The van der Waals surface area contributed by atoms with Crippen LogP contribution in [0.3, 0.4) is 0 Å². The zero-order chi connectivity index (χ0) is 37.4. The number of rotatable bonds is 7. The number of nitrogens with zero attached hydrogens (tertiary/aromatic N) is 3. The molecule has 2 aromatic rings. The van der Waals surface area contributed by atoms with Gasteiger partial charge >= 0.3 is 6.09 Å². The molecule has 4 aliphatic rings. The monoisotopic (exact) mass is 742 g/mol. The lowest BCUT2D eigenvalue weighted by atomic mass is 10.1. The van der Waals surface area contributed by atoms with Gasteiger partial charge in [-0.15, -0.1) is 0 Å². The molecule has 5 atom stereocenters. The van der Waals surface area contributed by atoms with Crippen LogP contribution in [0.5, 0.6) is 11.6 Å². The first-order chi connectivity index (χ1) is 24.6. The summed E-state index contributed by atoms with van der Waals surface area (Å²) in [4.78, 5) is 63.4. The first-order valence-electron chi connectivity index (χ1n) is 18.0. The van der Waals surface area contributed by atoms with Crippen molar-refractivity contribution in [3.05, 3.63) is 30.5 Å². The normalized spacial score (nSPS) is 27.7. The van der Waals surface area contributed by atoms with Gasteiger partial charge in [0.25, 0.3) is 5.91 Å². The number of aromatic nitrogens is 1. The summed E-state index contributed by atoms with van der Waals surface area (Å²) >= 11 is 0. The van der Waals surface area contributed by atoms with Crippen molar-refractivity contribution in [1.29, 1.82) is 0 Å². The van der Waals surface area contributed by atoms with E-state index in [1.165, 1.54) is 4.90 Å². The minimum absolute atomic E-state index is 0.0138. The van der Waals surface area contributed by atoms with Crippen LogP contribution in [0.15, 0.2) is 30.5 Å². The molecule has 2 saturated heterocycles. The highest BCUT2D eigenvalue weighted by molar-refractivity contribution is 7.91. The van der Waals surface area contributed by atoms with Crippen molar-refractivity contribution >= 4 is 44.6 Å². The summed E-state index contributed by atoms with van der Waals surface area (Å²) in [5.74, 6) is -1.15. The number of fused-ring (bicyclic) bond motifs is 3. The average molecular weight is 743 g/mol. The third-order valence-corrected chi connectivity index (χ3v) is 12.0. The van der Waals surface area contributed by atoms with Gasteiger partial charge in [0.2, 0.25) is 27.7 Å². The zero-order valence-corrected chi connectivity index (χ0v) is 31.3. The van der Waals surface area contributed by atoms with Crippen molar-refractivity contribution in [2.75, 3.05) is 33.8 Å². The van der Waals surface area contributed by atoms with Gasteiger partial charge in [-0.05, 0) is 102 Å². The Kier molecular flexibility index (Phi) is 10.6. The van der Waals surface area contributed by atoms with Crippen LogP contribution in [0.1, 0.15) is 72.1 Å². The van der Waals surface area contributed by atoms with Crippen LogP contribution in [0, 0.1) is 5.92 Å². The summed E-state index contributed by atoms with van der Waals surface area (Å²) in [6, 6.07) is 5.11. The average Bonchev–Trinajstić information content (AvgIpc) is 4.00. The second kappa shape index (κ2) is 14.7. The van der Waals surface area contributed by atoms with Crippen molar-refractivity contribution < 1.29 is 41.8 Å². The van der Waals surface area contributed by atoms with Gasteiger partial charge in [0, 0.05) is 24.5 Å². The van der Waals surface area contributed by atoms with E-state index in [1.807, 2.05) is 30.1 Å². The molecule has 2 aliphatic carbocycles. The van der Waals surface area contributed by atoms with E-state index < -0.39 is 68.4 Å². The molecule has 15 nitrogen and oxygen atoms in total. The lowest BCUT2D eigenvalue weighted by molar-refractivity contribution is -0.141. The molecular weight excluding hydrogens is 692 g/mol. The summed E-state index contributed by atoms with van der Waals surface area (Å²) in [5.41, 5.74) is -2.24. The minimum atomic E-state index is -3.87. The smallest absolute Gasteiger partial charge is 0.408 e. The molecule has 4 fully saturated rings. The molecule has 0 radical (unpaired) electrons. The first-order valence-corrected chi connectivity index (χ1v) is 19.6. The number of nitrogens with one attached hydrogen (secondary N) is 3. The molecule has 3 heterocycles. The number of hydrogen-bond acceptors (Lipinski definition) is 11. The highest BCUT2D eigenvalue weighted by atomic mass is 32.2. The molecular formula is C36H50N6O9S. The van der Waals surface area contributed by atoms with Crippen LogP contribution < -0.4 is 24.8 Å². The van der Waals surface area contributed by atoms with Crippen LogP contribution in [0.4, 0.5) is 4.79 Å². The van der Waals surface area contributed by atoms with Gasteiger partial charge in [-0.3, -0.25) is 19.1 Å². The molecule has 0 spiro atoms. The SMILES string of the molecule is COc1ccc2c(O[C@@H]3C[C@H]4C(=O)N[C@]5(C(=O)NS(=O)(=O)C6CC6)C[C@H]5CCCCCN(C)C[C@H](NC(=O)OC(C)(C)C)C(=O)N4C3)nccc2c1. The second-order valence-electron chi connectivity index (χ2n) is 15.5. The van der Waals surface area contributed by atoms with Crippen LogP contribution in [0.2, 0.25) is 0 Å². The zero-order valence-electron chi connectivity index (χ0n) is 30.5. The van der Waals surface area contributed by atoms with E-state index >= 15 is 0 Å². The topological polar surface area (TPSA) is 186 Å². The predicted molar refractivity (Wildman–Crippen MR) is 191 cm³/mol. The van der Waals surface area contributed by atoms with Crippen LogP contribution in [-0.2, 0) is 29.1 Å². The molecule has 3 N–H and O–H groups in total. The van der Waals surface area contributed by atoms with Crippen molar-refractivity contribution in [2.24, 2.45) is 5.92 Å². The van der Waals surface area contributed by atoms with Crippen molar-refractivity contribution in [2.45, 2.75) is 107 Å². The maximum atomic E-state index is 14.5. The molecule has 2 saturated carbocycles. The number of hydrogen-bond donors (Lipinski definition) is 3. The van der Waals surface area contributed by atoms with Crippen molar-refractivity contribution in [3.63, 3.8) is 0 Å². The lowest BCUT2D eigenvalue weighted by Crippen LogP contribution is -2.59. The Morgan fingerprint density at radius 2 is 1.83 bits per heavy atom. The van der Waals surface area contributed by atoms with Crippen LogP contribution >= 0.6 is 0 Å². The van der Waals surface area contributed by atoms with Crippen LogP contribution in [0.25, 0.3) is 10.8 Å². The van der Waals surface area contributed by atoms with Gasteiger partial charge in [-0.25, -0.2) is 18.2 Å². The van der Waals surface area contributed by atoms with E-state index in [0.29, 0.717) is 42.8 Å². The summed E-state index contributed by atoms with van der Waals surface area (Å²) in [5, 5.41) is 6.58. The van der Waals surface area contributed by atoms with Crippen molar-refractivity contribution in [1.82, 2.24) is 30.1 Å². The summed E-state index contributed by atoms with van der Waals surface area (Å²) in [6.45, 7) is 5.97. The number of likely N-dealkylation sites (N-methyl/N-ethyl adjacent to an activating group) is 1. The van der Waals surface area contributed by atoms with Gasteiger partial charge < -0.3 is 34.6 Å². The van der Waals surface area contributed by atoms with E-state index in [-0.39, 0.29) is 31.8 Å². The summed E-state index contributed by atoms with van der Waals surface area (Å²) < 4.78 is 45.2. The lowest BCUT2D eigenvalue weighted by Gasteiger charge is -2.32. The number of pyridine rings is 1. The Labute approximate surface area is 304 Å². The predicted octanol–water partition coefficient (Wildman–Crippen LogP) is 2.47. The Morgan fingerprint density at radius 1 is 1.06 bits per heavy atom. The molecule has 0 unspecified atom stereocenters. The Morgan fingerprint density at radius 3 is 2.54 bits per heavy atom. The fourth-order valence-electron chi connectivity index (χ4n) is 7.22. The summed E-state index contributed by atoms with van der Waals surface area (Å²) in [6.07, 6.45) is 4.48. The molecule has 284 valence electrons. The van der Waals surface area contributed by atoms with E-state index in [1.54, 1.807) is 40.1 Å². The standard InChI is InChI=1S/C36H50N6O9S/c1-35(2,3)51-34(46)38-28-21-41(4)16-8-6-7-9-23-19-36(23,33(45)40-52(47,48)26-11-12-26)39-30(43)29-18-25(20-42(29)32(28)44)50-31-27-13-10-24(49-5)17-22(27)14-15-37-31/h10,13-15,17,23,25-26,28-29H,6-9,11-12,16,18-21H2,1-5H3,(H,38,46)(H,39,43)(H,40,45)/t23-,25-,28+,29+,36-/m1/s1. The molecule has 6 rings (SSSR count). The summed E-state index contributed by atoms with van der Waals surface area (Å²) in [7, 11) is -0.424. The molecule has 0 bridgehead atoms. The number of carbonyl (C=O) groups is 4. The van der Waals surface area contributed by atoms with Gasteiger partial charge in [-0.1, -0.05) is 12.8 Å². The highest BCUT2D eigenvalue weighted by Crippen LogP contribution is 2.48. The number of alkyl carbamates (subject to hydrolysis) is 1. The van der Waals surface area contributed by atoms with Gasteiger partial charge in [0.15, 0.2) is 0 Å². The molecule has 16 heteroatoms. The number of ether oxygens (including phenoxy) is 3. The largest absolute Gasteiger partial charge is 0.497 e. The number of carbonyl (C=O) groups excluding carboxylic acids is 4. The minimum Gasteiger partial charge on any atom is -0.497 e. The van der Waals surface area contributed by atoms with Gasteiger partial charge in [0.05, 0.1) is 18.9 Å². The third-order valence-electron chi connectivity index (χ3n) is 10.2. The van der Waals surface area contributed by atoms with E-state index in [0.717, 1.165) is 24.6 Å². The maximum absolute atomic E-state index is 14.5. The van der Waals surface area contributed by atoms with Crippen LogP contribution in [-0.4, -0.2) is 115 Å². The molecule has 2 aliphatic heterocycles. The second-order valence-corrected chi connectivity index (χ2v) is 17.5. The molecule has 52 heavy (non-hydrogen) atoms. The van der Waals surface area contributed by atoms with Gasteiger partial charge in [0.1, 0.15) is 35.1 Å². The fraction of sp³-hybridized carbons (Fsp3) is 0.639. The molecule has 4 amide bonds. The molecule has 1 aromatic heterocycles. The number of amides is 4. The first kappa shape index (κ1) is 37.6. The highest BCUT2D eigenvalue weighted by Gasteiger charge is 2.62. The number of methoxy groups -OCH3 is 1. The van der Waals surface area contributed by atoms with E-state index in [9.17, 15) is 27.6 Å². The fourth-order valence-corrected chi connectivity index (χ4v) is 8.58. The quantitative estimate of drug-likeness (QED) is 0.379. The van der Waals surface area contributed by atoms with E-state index in [4.69, 9.17) is 14.2 Å². The maximum Gasteiger partial charge on any atom is 0.408 e.